The molecule has 0 atom stereocenters. The number of aryl methyl sites for hydroxylation is 1. The number of carbonyl (C=O) groups is 1. The summed E-state index contributed by atoms with van der Waals surface area (Å²) in [6.45, 7) is 1.99. The molecule has 102 valence electrons. The summed E-state index contributed by atoms with van der Waals surface area (Å²) in [5.41, 5.74) is 3.79. The van der Waals surface area contributed by atoms with E-state index in [-0.39, 0.29) is 5.91 Å². The lowest BCUT2D eigenvalue weighted by Crippen LogP contribution is -2.11. The van der Waals surface area contributed by atoms with Crippen LogP contribution in [0.25, 0.3) is 10.9 Å². The molecule has 21 heavy (non-hydrogen) atoms. The SMILES string of the molecule is Cc1cc2cc(NC(=O)c3cccc(C#N)c3)ccc2[nH]1. The van der Waals surface area contributed by atoms with E-state index in [0.717, 1.165) is 22.3 Å². The van der Waals surface area contributed by atoms with Gasteiger partial charge in [0.15, 0.2) is 0 Å². The summed E-state index contributed by atoms with van der Waals surface area (Å²) in [5, 5.41) is 12.8. The normalized spacial score (nSPS) is 10.3. The molecule has 2 N–H and O–H groups in total. The van der Waals surface area contributed by atoms with Crippen LogP contribution in [0.4, 0.5) is 5.69 Å². The van der Waals surface area contributed by atoms with Crippen LogP contribution in [0.2, 0.25) is 0 Å². The number of benzene rings is 2. The number of aromatic nitrogens is 1. The third kappa shape index (κ3) is 2.63. The van der Waals surface area contributed by atoms with E-state index in [4.69, 9.17) is 5.26 Å². The van der Waals surface area contributed by atoms with Gasteiger partial charge in [-0.05, 0) is 49.4 Å². The van der Waals surface area contributed by atoms with E-state index in [1.807, 2.05) is 37.3 Å². The van der Waals surface area contributed by atoms with Gasteiger partial charge >= 0.3 is 0 Å². The first-order valence-corrected chi connectivity index (χ1v) is 6.56. The Hall–Kier alpha value is -3.06. The minimum atomic E-state index is -0.223. The number of anilines is 1. The quantitative estimate of drug-likeness (QED) is 0.750. The van der Waals surface area contributed by atoms with Crippen molar-refractivity contribution < 1.29 is 4.79 Å². The Kier molecular flexibility index (Phi) is 3.17. The number of fused-ring (bicyclic) bond motifs is 1. The first-order chi connectivity index (χ1) is 10.2. The molecule has 0 fully saturated rings. The number of rotatable bonds is 2. The van der Waals surface area contributed by atoms with Crippen molar-refractivity contribution in [1.82, 2.24) is 4.98 Å². The maximum atomic E-state index is 12.2. The van der Waals surface area contributed by atoms with E-state index in [0.29, 0.717) is 11.1 Å². The number of nitrogens with one attached hydrogen (secondary N) is 2. The average molecular weight is 275 g/mol. The van der Waals surface area contributed by atoms with Crippen molar-refractivity contribution in [3.05, 3.63) is 65.4 Å². The van der Waals surface area contributed by atoms with Crippen molar-refractivity contribution in [1.29, 1.82) is 5.26 Å². The summed E-state index contributed by atoms with van der Waals surface area (Å²) >= 11 is 0. The molecule has 0 spiro atoms. The van der Waals surface area contributed by atoms with Crippen LogP contribution in [-0.2, 0) is 0 Å². The molecule has 4 heteroatoms. The van der Waals surface area contributed by atoms with Gasteiger partial charge in [-0.15, -0.1) is 0 Å². The molecule has 0 aliphatic heterocycles. The Balaban J connectivity index is 1.87. The van der Waals surface area contributed by atoms with Gasteiger partial charge in [0.2, 0.25) is 0 Å². The molecule has 0 saturated carbocycles. The van der Waals surface area contributed by atoms with Crippen molar-refractivity contribution in [2.75, 3.05) is 5.32 Å². The third-order valence-electron chi connectivity index (χ3n) is 3.27. The Morgan fingerprint density at radius 3 is 2.86 bits per heavy atom. The lowest BCUT2D eigenvalue weighted by Gasteiger charge is -2.05. The van der Waals surface area contributed by atoms with Crippen LogP contribution in [0.1, 0.15) is 21.6 Å². The van der Waals surface area contributed by atoms with Crippen LogP contribution >= 0.6 is 0 Å². The third-order valence-corrected chi connectivity index (χ3v) is 3.27. The molecule has 2 aromatic carbocycles. The van der Waals surface area contributed by atoms with Gasteiger partial charge in [0.1, 0.15) is 0 Å². The van der Waals surface area contributed by atoms with Crippen LogP contribution in [0.5, 0.6) is 0 Å². The minimum Gasteiger partial charge on any atom is -0.359 e. The highest BCUT2D eigenvalue weighted by Crippen LogP contribution is 2.20. The van der Waals surface area contributed by atoms with E-state index in [1.165, 1.54) is 0 Å². The second kappa shape index (κ2) is 5.14. The number of hydrogen-bond acceptors (Lipinski definition) is 2. The summed E-state index contributed by atoms with van der Waals surface area (Å²) in [7, 11) is 0. The summed E-state index contributed by atoms with van der Waals surface area (Å²) in [6, 6.07) is 16.4. The smallest absolute Gasteiger partial charge is 0.255 e. The van der Waals surface area contributed by atoms with Gasteiger partial charge in [0.25, 0.3) is 5.91 Å². The van der Waals surface area contributed by atoms with E-state index in [2.05, 4.69) is 10.3 Å². The topological polar surface area (TPSA) is 68.7 Å². The largest absolute Gasteiger partial charge is 0.359 e. The van der Waals surface area contributed by atoms with Crippen LogP contribution in [0, 0.1) is 18.3 Å². The number of carbonyl (C=O) groups excluding carboxylic acids is 1. The zero-order valence-corrected chi connectivity index (χ0v) is 11.5. The second-order valence-electron chi connectivity index (χ2n) is 4.90. The number of nitrogens with zero attached hydrogens (tertiary/aromatic N) is 1. The van der Waals surface area contributed by atoms with Gasteiger partial charge < -0.3 is 10.3 Å². The number of H-pyrrole nitrogens is 1. The number of hydrogen-bond donors (Lipinski definition) is 2. The summed E-state index contributed by atoms with van der Waals surface area (Å²) in [4.78, 5) is 15.4. The molecule has 3 rings (SSSR count). The minimum absolute atomic E-state index is 0.223. The highest BCUT2D eigenvalue weighted by atomic mass is 16.1. The molecule has 0 bridgehead atoms. The highest BCUT2D eigenvalue weighted by molar-refractivity contribution is 6.05. The number of nitriles is 1. The molecule has 0 saturated heterocycles. The van der Waals surface area contributed by atoms with E-state index < -0.39 is 0 Å². The average Bonchev–Trinajstić information content (AvgIpc) is 2.86. The van der Waals surface area contributed by atoms with Gasteiger partial charge in [0, 0.05) is 27.8 Å². The Morgan fingerprint density at radius 1 is 1.19 bits per heavy atom. The molecular formula is C17H13N3O. The Labute approximate surface area is 122 Å². The van der Waals surface area contributed by atoms with Crippen molar-refractivity contribution >= 4 is 22.5 Å². The predicted molar refractivity (Wildman–Crippen MR) is 82.1 cm³/mol. The van der Waals surface area contributed by atoms with Gasteiger partial charge in [-0.2, -0.15) is 5.26 Å². The van der Waals surface area contributed by atoms with Crippen LogP contribution in [0.15, 0.2) is 48.5 Å². The van der Waals surface area contributed by atoms with Crippen LogP contribution in [-0.4, -0.2) is 10.9 Å². The zero-order valence-electron chi connectivity index (χ0n) is 11.5. The molecule has 0 aliphatic carbocycles. The van der Waals surface area contributed by atoms with Gasteiger partial charge in [-0.25, -0.2) is 0 Å². The molecule has 4 nitrogen and oxygen atoms in total. The summed E-state index contributed by atoms with van der Waals surface area (Å²) < 4.78 is 0. The fourth-order valence-corrected chi connectivity index (χ4v) is 2.29. The highest BCUT2D eigenvalue weighted by Gasteiger charge is 2.07. The first kappa shape index (κ1) is 12.9. The Morgan fingerprint density at radius 2 is 2.05 bits per heavy atom. The molecule has 0 aliphatic rings. The van der Waals surface area contributed by atoms with Crippen molar-refractivity contribution in [2.24, 2.45) is 0 Å². The zero-order chi connectivity index (χ0) is 14.8. The fraction of sp³-hybridized carbons (Fsp3) is 0.0588. The van der Waals surface area contributed by atoms with Crippen LogP contribution < -0.4 is 5.32 Å². The maximum absolute atomic E-state index is 12.2. The molecule has 0 unspecified atom stereocenters. The lowest BCUT2D eigenvalue weighted by atomic mass is 10.1. The number of amides is 1. The summed E-state index contributed by atoms with van der Waals surface area (Å²) in [6.07, 6.45) is 0. The van der Waals surface area contributed by atoms with Crippen LogP contribution in [0.3, 0.4) is 0 Å². The van der Waals surface area contributed by atoms with Gasteiger partial charge in [-0.1, -0.05) is 6.07 Å². The molecule has 1 heterocycles. The van der Waals surface area contributed by atoms with Gasteiger partial charge in [-0.3, -0.25) is 4.79 Å². The van der Waals surface area contributed by atoms with Crippen molar-refractivity contribution in [3.8, 4) is 6.07 Å². The molecule has 1 amide bonds. The van der Waals surface area contributed by atoms with Crippen molar-refractivity contribution in [3.63, 3.8) is 0 Å². The van der Waals surface area contributed by atoms with Crippen molar-refractivity contribution in [2.45, 2.75) is 6.92 Å². The maximum Gasteiger partial charge on any atom is 0.255 e. The molecular weight excluding hydrogens is 262 g/mol. The molecule has 1 aromatic heterocycles. The van der Waals surface area contributed by atoms with Gasteiger partial charge in [0.05, 0.1) is 11.6 Å². The standard InChI is InChI=1S/C17H13N3O/c1-11-7-14-9-15(5-6-16(14)19-11)20-17(21)13-4-2-3-12(8-13)10-18/h2-9,19H,1H3,(H,20,21). The van der Waals surface area contributed by atoms with E-state index in [9.17, 15) is 4.79 Å². The summed E-state index contributed by atoms with van der Waals surface area (Å²) in [5.74, 6) is -0.223. The Bertz CT molecular complexity index is 871. The fourth-order valence-electron chi connectivity index (χ4n) is 2.29. The monoisotopic (exact) mass is 275 g/mol. The first-order valence-electron chi connectivity index (χ1n) is 6.56. The predicted octanol–water partition coefficient (Wildman–Crippen LogP) is 3.60. The second-order valence-corrected chi connectivity index (χ2v) is 4.90. The number of aromatic amines is 1. The van der Waals surface area contributed by atoms with E-state index >= 15 is 0 Å². The lowest BCUT2D eigenvalue weighted by molar-refractivity contribution is 0.102. The molecule has 0 radical (unpaired) electrons. The molecule has 3 aromatic rings. The van der Waals surface area contributed by atoms with E-state index in [1.54, 1.807) is 24.3 Å².